The number of benzene rings is 2. The molecule has 0 aliphatic carbocycles. The molecule has 0 spiro atoms. The van der Waals surface area contributed by atoms with Crippen LogP contribution in [0.3, 0.4) is 0 Å². The maximum absolute atomic E-state index is 6.44. The van der Waals surface area contributed by atoms with Gasteiger partial charge in [0.2, 0.25) is 0 Å². The van der Waals surface area contributed by atoms with Crippen molar-refractivity contribution >= 4 is 34.9 Å². The number of halogens is 2. The first-order valence-corrected chi connectivity index (χ1v) is 8.81. The molecule has 0 saturated heterocycles. The van der Waals surface area contributed by atoms with E-state index < -0.39 is 0 Å². The summed E-state index contributed by atoms with van der Waals surface area (Å²) in [5.41, 5.74) is 3.20. The van der Waals surface area contributed by atoms with Crippen molar-refractivity contribution in [2.24, 2.45) is 0 Å². The van der Waals surface area contributed by atoms with E-state index in [2.05, 4.69) is 35.4 Å². The Labute approximate surface area is 157 Å². The quantitative estimate of drug-likeness (QED) is 0.576. The Morgan fingerprint density at radius 1 is 1.20 bits per heavy atom. The molecule has 1 atom stereocenters. The number of nitrogens with one attached hydrogen (secondary N) is 1. The normalized spacial score (nSPS) is 13.0. The summed E-state index contributed by atoms with van der Waals surface area (Å²) in [6.07, 6.45) is 7.77. The van der Waals surface area contributed by atoms with Crippen molar-refractivity contribution in [2.75, 3.05) is 6.54 Å². The minimum absolute atomic E-state index is 0.118. The minimum atomic E-state index is 0.118. The third-order valence-corrected chi connectivity index (χ3v) is 4.53. The Bertz CT molecular complexity index is 843. The first-order chi connectivity index (χ1) is 12.1. The first-order valence-electron chi connectivity index (χ1n) is 8.05. The molecule has 0 amide bonds. The van der Waals surface area contributed by atoms with E-state index in [4.69, 9.17) is 23.2 Å². The van der Waals surface area contributed by atoms with Gasteiger partial charge in [0.25, 0.3) is 0 Å². The Morgan fingerprint density at radius 2 is 2.00 bits per heavy atom. The van der Waals surface area contributed by atoms with Gasteiger partial charge in [0.1, 0.15) is 0 Å². The van der Waals surface area contributed by atoms with Crippen molar-refractivity contribution in [3.8, 4) is 0 Å². The lowest BCUT2D eigenvalue weighted by Gasteiger charge is -2.18. The predicted molar refractivity (Wildman–Crippen MR) is 106 cm³/mol. The molecular formula is C20H19Cl2N3. The lowest BCUT2D eigenvalue weighted by molar-refractivity contribution is 0.461. The van der Waals surface area contributed by atoms with Crippen molar-refractivity contribution in [2.45, 2.75) is 13.1 Å². The fraction of sp³-hybridized carbons (Fsp3) is 0.150. The van der Waals surface area contributed by atoms with Gasteiger partial charge < -0.3 is 4.57 Å². The highest BCUT2D eigenvalue weighted by Crippen LogP contribution is 2.28. The van der Waals surface area contributed by atoms with E-state index in [9.17, 15) is 0 Å². The maximum Gasteiger partial charge on any atom is 0.0959 e. The highest BCUT2D eigenvalue weighted by molar-refractivity contribution is 6.35. The van der Waals surface area contributed by atoms with E-state index in [0.717, 1.165) is 16.7 Å². The molecule has 0 saturated carbocycles. The summed E-state index contributed by atoms with van der Waals surface area (Å²) in [6, 6.07) is 15.8. The molecule has 0 bridgehead atoms. The molecule has 0 aliphatic heterocycles. The van der Waals surface area contributed by atoms with Crippen LogP contribution in [0.4, 0.5) is 0 Å². The number of aromatic nitrogens is 2. The van der Waals surface area contributed by atoms with Gasteiger partial charge in [-0.3, -0.25) is 5.32 Å². The molecule has 3 aromatic rings. The summed E-state index contributed by atoms with van der Waals surface area (Å²) < 4.78 is 2.02. The van der Waals surface area contributed by atoms with Crippen molar-refractivity contribution in [1.29, 1.82) is 0 Å². The molecule has 3 rings (SSSR count). The Hall–Kier alpha value is -2.07. The molecule has 3 nitrogen and oxygen atoms in total. The molecule has 1 aromatic heterocycles. The van der Waals surface area contributed by atoms with Crippen LogP contribution in [0.1, 0.15) is 24.2 Å². The molecule has 0 fully saturated rings. The second-order valence-corrected chi connectivity index (χ2v) is 6.61. The Morgan fingerprint density at radius 3 is 2.68 bits per heavy atom. The van der Waals surface area contributed by atoms with Crippen molar-refractivity contribution in [3.05, 3.63) is 88.4 Å². The van der Waals surface area contributed by atoms with E-state index in [-0.39, 0.29) is 6.17 Å². The minimum Gasteiger partial charge on any atom is -0.322 e. The molecular weight excluding hydrogens is 353 g/mol. The summed E-state index contributed by atoms with van der Waals surface area (Å²) in [5.74, 6) is 0. The number of nitrogens with zero attached hydrogens (tertiary/aromatic N) is 2. The zero-order valence-electron chi connectivity index (χ0n) is 13.9. The average molecular weight is 372 g/mol. The number of rotatable bonds is 6. The highest BCUT2D eigenvalue weighted by Gasteiger charge is 2.10. The molecule has 2 aromatic carbocycles. The summed E-state index contributed by atoms with van der Waals surface area (Å²) in [7, 11) is 0. The number of hydrogen-bond acceptors (Lipinski definition) is 2. The second kappa shape index (κ2) is 8.34. The van der Waals surface area contributed by atoms with Gasteiger partial charge in [-0.1, -0.05) is 59.6 Å². The van der Waals surface area contributed by atoms with Crippen molar-refractivity contribution < 1.29 is 0 Å². The van der Waals surface area contributed by atoms with Crippen LogP contribution in [0.25, 0.3) is 11.6 Å². The molecule has 0 radical (unpaired) electrons. The van der Waals surface area contributed by atoms with Crippen LogP contribution in [-0.2, 0) is 0 Å². The zero-order chi connectivity index (χ0) is 17.6. The van der Waals surface area contributed by atoms with Crippen LogP contribution in [0.5, 0.6) is 0 Å². The summed E-state index contributed by atoms with van der Waals surface area (Å²) in [6.45, 7) is 2.75. The van der Waals surface area contributed by atoms with Gasteiger partial charge in [-0.15, -0.1) is 0 Å². The smallest absolute Gasteiger partial charge is 0.0959 e. The lowest BCUT2D eigenvalue weighted by Crippen LogP contribution is -2.25. The van der Waals surface area contributed by atoms with Crippen molar-refractivity contribution in [3.63, 3.8) is 0 Å². The zero-order valence-corrected chi connectivity index (χ0v) is 15.4. The molecule has 1 N–H and O–H groups in total. The highest BCUT2D eigenvalue weighted by atomic mass is 35.5. The van der Waals surface area contributed by atoms with Gasteiger partial charge >= 0.3 is 0 Å². The second-order valence-electron chi connectivity index (χ2n) is 5.77. The number of imidazole rings is 1. The Kier molecular flexibility index (Phi) is 5.92. The lowest BCUT2D eigenvalue weighted by atomic mass is 10.0. The van der Waals surface area contributed by atoms with Crippen LogP contribution in [0.15, 0.2) is 67.3 Å². The summed E-state index contributed by atoms with van der Waals surface area (Å²) in [4.78, 5) is 4.09. The molecule has 25 heavy (non-hydrogen) atoms. The molecule has 1 unspecified atom stereocenters. The van der Waals surface area contributed by atoms with Gasteiger partial charge in [-0.25, -0.2) is 4.98 Å². The van der Waals surface area contributed by atoms with Crippen molar-refractivity contribution in [1.82, 2.24) is 14.9 Å². The maximum atomic E-state index is 6.44. The topological polar surface area (TPSA) is 29.9 Å². The van der Waals surface area contributed by atoms with Crippen LogP contribution < -0.4 is 5.32 Å². The molecule has 5 heteroatoms. The van der Waals surface area contributed by atoms with Gasteiger partial charge in [0, 0.05) is 29.0 Å². The van der Waals surface area contributed by atoms with Gasteiger partial charge in [-0.2, -0.15) is 0 Å². The molecule has 0 aliphatic rings. The predicted octanol–water partition coefficient (Wildman–Crippen LogP) is 5.54. The summed E-state index contributed by atoms with van der Waals surface area (Å²) >= 11 is 12.5. The summed E-state index contributed by atoms with van der Waals surface area (Å²) in [5, 5.41) is 4.79. The number of hydrogen-bond donors (Lipinski definition) is 1. The standard InChI is InChI=1S/C20H19Cl2N3/c1-15(25-10-9-23-14-25)24-13-17(11-16-5-3-2-4-6-16)19-8-7-18(21)12-20(19)22/h2-12,14-15,24H,13H2,1H3. The van der Waals surface area contributed by atoms with Gasteiger partial charge in [0.15, 0.2) is 0 Å². The fourth-order valence-electron chi connectivity index (χ4n) is 2.59. The van der Waals surface area contributed by atoms with E-state index in [1.165, 1.54) is 0 Å². The monoisotopic (exact) mass is 371 g/mol. The Balaban J connectivity index is 1.88. The van der Waals surface area contributed by atoms with Gasteiger partial charge in [0.05, 0.1) is 12.5 Å². The average Bonchev–Trinajstić information content (AvgIpc) is 3.14. The third-order valence-electron chi connectivity index (χ3n) is 3.98. The first kappa shape index (κ1) is 17.7. The van der Waals surface area contributed by atoms with Crippen LogP contribution in [0.2, 0.25) is 10.0 Å². The van der Waals surface area contributed by atoms with Crippen LogP contribution >= 0.6 is 23.2 Å². The largest absolute Gasteiger partial charge is 0.322 e. The van der Waals surface area contributed by atoms with E-state index >= 15 is 0 Å². The van der Waals surface area contributed by atoms with Crippen LogP contribution in [0, 0.1) is 0 Å². The molecule has 128 valence electrons. The fourth-order valence-corrected chi connectivity index (χ4v) is 3.12. The third kappa shape index (κ3) is 4.73. The van der Waals surface area contributed by atoms with Gasteiger partial charge in [-0.05, 0) is 41.8 Å². The van der Waals surface area contributed by atoms with E-state index in [0.29, 0.717) is 16.6 Å². The van der Waals surface area contributed by atoms with E-state index in [1.54, 1.807) is 18.6 Å². The SMILES string of the molecule is CC(NCC(=Cc1ccccc1)c1ccc(Cl)cc1Cl)n1ccnc1. The van der Waals surface area contributed by atoms with E-state index in [1.807, 2.05) is 41.1 Å². The van der Waals surface area contributed by atoms with Crippen LogP contribution in [-0.4, -0.2) is 16.1 Å². The molecule has 1 heterocycles.